The van der Waals surface area contributed by atoms with Crippen LogP contribution >= 0.6 is 0 Å². The number of nitrogens with one attached hydrogen (secondary N) is 2. The van der Waals surface area contributed by atoms with Gasteiger partial charge in [0.15, 0.2) is 0 Å². The van der Waals surface area contributed by atoms with Gasteiger partial charge in [-0.25, -0.2) is 0 Å². The van der Waals surface area contributed by atoms with Crippen LogP contribution in [0.5, 0.6) is 0 Å². The van der Waals surface area contributed by atoms with Crippen LogP contribution < -0.4 is 10.6 Å². The molecule has 2 aliphatic carbocycles. The predicted octanol–water partition coefficient (Wildman–Crippen LogP) is 1.22. The molecule has 0 aromatic heterocycles. The van der Waals surface area contributed by atoms with Crippen molar-refractivity contribution in [2.24, 2.45) is 0 Å². The van der Waals surface area contributed by atoms with Crippen LogP contribution in [0.1, 0.15) is 57.8 Å². The summed E-state index contributed by atoms with van der Waals surface area (Å²) in [6, 6.07) is 2.29. The van der Waals surface area contributed by atoms with Crippen LogP contribution in [0.4, 0.5) is 0 Å². The standard InChI is InChI=1S/C15H25N3O2/c16-11-14(6-2-1-3-7-14)18-13(20)10-17-15(12-19)8-4-5-9-15/h17,19H,1-10,12H2,(H,18,20). The second-order valence-electron chi connectivity index (χ2n) is 6.30. The van der Waals surface area contributed by atoms with Crippen molar-refractivity contribution in [2.75, 3.05) is 13.2 Å². The topological polar surface area (TPSA) is 85.2 Å². The Labute approximate surface area is 120 Å². The third-order valence-corrected chi connectivity index (χ3v) is 4.79. The number of carbonyl (C=O) groups is 1. The molecule has 0 saturated heterocycles. The Morgan fingerprint density at radius 2 is 1.70 bits per heavy atom. The number of aliphatic hydroxyl groups excluding tert-OH is 1. The zero-order chi connectivity index (χ0) is 14.5. The highest BCUT2D eigenvalue weighted by Crippen LogP contribution is 2.29. The van der Waals surface area contributed by atoms with E-state index in [4.69, 9.17) is 0 Å². The van der Waals surface area contributed by atoms with E-state index in [1.165, 1.54) is 0 Å². The smallest absolute Gasteiger partial charge is 0.235 e. The molecule has 0 spiro atoms. The number of rotatable bonds is 5. The van der Waals surface area contributed by atoms with Gasteiger partial charge in [0.2, 0.25) is 5.91 Å². The largest absolute Gasteiger partial charge is 0.394 e. The Hall–Kier alpha value is -1.12. The van der Waals surface area contributed by atoms with Gasteiger partial charge in [-0.2, -0.15) is 5.26 Å². The van der Waals surface area contributed by atoms with E-state index in [1.807, 2.05) is 0 Å². The van der Waals surface area contributed by atoms with E-state index in [0.29, 0.717) is 0 Å². The summed E-state index contributed by atoms with van der Waals surface area (Å²) in [6.07, 6.45) is 8.67. The number of nitriles is 1. The fourth-order valence-corrected chi connectivity index (χ4v) is 3.44. The molecule has 20 heavy (non-hydrogen) atoms. The molecule has 2 rings (SSSR count). The van der Waals surface area contributed by atoms with Gasteiger partial charge in [-0.1, -0.05) is 32.1 Å². The second-order valence-corrected chi connectivity index (χ2v) is 6.30. The summed E-state index contributed by atoms with van der Waals surface area (Å²) in [5.74, 6) is -0.131. The van der Waals surface area contributed by atoms with E-state index < -0.39 is 5.54 Å². The average Bonchev–Trinajstić information content (AvgIpc) is 2.96. The van der Waals surface area contributed by atoms with Gasteiger partial charge in [-0.3, -0.25) is 4.79 Å². The van der Waals surface area contributed by atoms with Gasteiger partial charge >= 0.3 is 0 Å². The summed E-state index contributed by atoms with van der Waals surface area (Å²) in [4.78, 5) is 12.1. The molecule has 1 amide bonds. The van der Waals surface area contributed by atoms with Crippen LogP contribution in [-0.2, 0) is 4.79 Å². The normalized spacial score (nSPS) is 24.0. The van der Waals surface area contributed by atoms with Gasteiger partial charge in [0.1, 0.15) is 5.54 Å². The summed E-state index contributed by atoms with van der Waals surface area (Å²) in [5.41, 5.74) is -0.956. The SMILES string of the molecule is N#CC1(NC(=O)CNC2(CO)CCCC2)CCCCC1. The van der Waals surface area contributed by atoms with E-state index in [1.54, 1.807) is 0 Å². The van der Waals surface area contributed by atoms with Crippen molar-refractivity contribution in [3.63, 3.8) is 0 Å². The zero-order valence-corrected chi connectivity index (χ0v) is 12.1. The number of carbonyl (C=O) groups excluding carboxylic acids is 1. The first-order valence-electron chi connectivity index (χ1n) is 7.72. The molecule has 5 heteroatoms. The lowest BCUT2D eigenvalue weighted by Crippen LogP contribution is -2.55. The lowest BCUT2D eigenvalue weighted by atomic mass is 9.83. The molecule has 2 saturated carbocycles. The average molecular weight is 279 g/mol. The summed E-state index contributed by atoms with van der Waals surface area (Å²) >= 11 is 0. The molecule has 0 aromatic rings. The van der Waals surface area contributed by atoms with Crippen molar-refractivity contribution in [1.29, 1.82) is 5.26 Å². The first-order valence-corrected chi connectivity index (χ1v) is 7.72. The third kappa shape index (κ3) is 3.50. The summed E-state index contributed by atoms with van der Waals surface area (Å²) in [5, 5.41) is 25.0. The summed E-state index contributed by atoms with van der Waals surface area (Å²) in [7, 11) is 0. The maximum absolute atomic E-state index is 12.1. The van der Waals surface area contributed by atoms with Gasteiger partial charge < -0.3 is 15.7 Å². The quantitative estimate of drug-likeness (QED) is 0.706. The molecule has 0 bridgehead atoms. The molecule has 2 aliphatic rings. The highest BCUT2D eigenvalue weighted by molar-refractivity contribution is 5.79. The van der Waals surface area contributed by atoms with Crippen molar-refractivity contribution in [2.45, 2.75) is 68.9 Å². The van der Waals surface area contributed by atoms with Gasteiger partial charge in [0.05, 0.1) is 19.2 Å². The first-order chi connectivity index (χ1) is 9.64. The Morgan fingerprint density at radius 1 is 1.10 bits per heavy atom. The lowest BCUT2D eigenvalue weighted by Gasteiger charge is -2.33. The minimum atomic E-state index is -0.668. The Bertz CT molecular complexity index is 377. The van der Waals surface area contributed by atoms with Gasteiger partial charge in [-0.15, -0.1) is 0 Å². The molecule has 0 aliphatic heterocycles. The number of aliphatic hydroxyl groups is 1. The van der Waals surface area contributed by atoms with Crippen molar-refractivity contribution < 1.29 is 9.90 Å². The molecule has 3 N–H and O–H groups in total. The highest BCUT2D eigenvalue weighted by Gasteiger charge is 2.36. The van der Waals surface area contributed by atoms with E-state index in [-0.39, 0.29) is 24.6 Å². The minimum Gasteiger partial charge on any atom is -0.394 e. The first kappa shape index (κ1) is 15.3. The summed E-state index contributed by atoms with van der Waals surface area (Å²) < 4.78 is 0. The number of hydrogen-bond donors (Lipinski definition) is 3. The molecule has 0 radical (unpaired) electrons. The van der Waals surface area contributed by atoms with E-state index in [9.17, 15) is 15.2 Å². The third-order valence-electron chi connectivity index (χ3n) is 4.79. The van der Waals surface area contributed by atoms with Gasteiger partial charge in [0.25, 0.3) is 0 Å². The van der Waals surface area contributed by atoms with Crippen LogP contribution in [-0.4, -0.2) is 35.2 Å². The van der Waals surface area contributed by atoms with Crippen LogP contribution in [0.15, 0.2) is 0 Å². The maximum Gasteiger partial charge on any atom is 0.235 e. The fraction of sp³-hybridized carbons (Fsp3) is 0.867. The van der Waals surface area contributed by atoms with Crippen LogP contribution in [0.25, 0.3) is 0 Å². The van der Waals surface area contributed by atoms with Crippen molar-refractivity contribution >= 4 is 5.91 Å². The highest BCUT2D eigenvalue weighted by atomic mass is 16.3. The molecule has 0 heterocycles. The zero-order valence-electron chi connectivity index (χ0n) is 12.1. The predicted molar refractivity (Wildman–Crippen MR) is 75.9 cm³/mol. The van der Waals surface area contributed by atoms with E-state index in [0.717, 1.165) is 57.8 Å². The Balaban J connectivity index is 1.84. The van der Waals surface area contributed by atoms with Crippen LogP contribution in [0.2, 0.25) is 0 Å². The van der Waals surface area contributed by atoms with E-state index >= 15 is 0 Å². The van der Waals surface area contributed by atoms with Crippen molar-refractivity contribution in [1.82, 2.24) is 10.6 Å². The summed E-state index contributed by atoms with van der Waals surface area (Å²) in [6.45, 7) is 0.258. The molecule has 0 unspecified atom stereocenters. The monoisotopic (exact) mass is 279 g/mol. The van der Waals surface area contributed by atoms with E-state index in [2.05, 4.69) is 16.7 Å². The number of nitrogens with zero attached hydrogens (tertiary/aromatic N) is 1. The lowest BCUT2D eigenvalue weighted by molar-refractivity contribution is -0.122. The van der Waals surface area contributed by atoms with Crippen molar-refractivity contribution in [3.05, 3.63) is 0 Å². The second kappa shape index (κ2) is 6.55. The maximum atomic E-state index is 12.1. The Kier molecular flexibility index (Phi) is 5.00. The molecule has 2 fully saturated rings. The molecule has 112 valence electrons. The molecular formula is C15H25N3O2. The van der Waals surface area contributed by atoms with Gasteiger partial charge in [-0.05, 0) is 25.7 Å². The molecule has 5 nitrogen and oxygen atoms in total. The molecular weight excluding hydrogens is 254 g/mol. The minimum absolute atomic E-state index is 0.0731. The fourth-order valence-electron chi connectivity index (χ4n) is 3.44. The molecule has 0 aromatic carbocycles. The van der Waals surface area contributed by atoms with Crippen LogP contribution in [0, 0.1) is 11.3 Å². The molecule has 0 atom stereocenters. The Morgan fingerprint density at radius 3 is 2.25 bits per heavy atom. The van der Waals surface area contributed by atoms with Crippen LogP contribution in [0.3, 0.4) is 0 Å². The number of hydrogen-bond acceptors (Lipinski definition) is 4. The van der Waals surface area contributed by atoms with Crippen molar-refractivity contribution in [3.8, 4) is 6.07 Å². The number of amides is 1. The van der Waals surface area contributed by atoms with Gasteiger partial charge in [0, 0.05) is 5.54 Å².